The SMILES string of the molecule is CC[C@H](C)NC(=O)[C@H](CC)N(Cc1ccc(F)cc1)C(=O)CSCc1ccc(F)cc1. The number of hydrogen-bond acceptors (Lipinski definition) is 3. The number of hydrogen-bond donors (Lipinski definition) is 1. The molecule has 0 radical (unpaired) electrons. The van der Waals surface area contributed by atoms with Crippen LogP contribution in [0.4, 0.5) is 8.78 Å². The van der Waals surface area contributed by atoms with Gasteiger partial charge in [0.25, 0.3) is 0 Å². The van der Waals surface area contributed by atoms with Crippen LogP contribution in [0.2, 0.25) is 0 Å². The highest BCUT2D eigenvalue weighted by atomic mass is 32.2. The molecule has 4 nitrogen and oxygen atoms in total. The summed E-state index contributed by atoms with van der Waals surface area (Å²) in [6.45, 7) is 6.01. The van der Waals surface area contributed by atoms with Crippen LogP contribution in [0.5, 0.6) is 0 Å². The van der Waals surface area contributed by atoms with Crippen LogP contribution in [0.1, 0.15) is 44.7 Å². The fourth-order valence-corrected chi connectivity index (χ4v) is 3.94. The molecule has 2 atom stereocenters. The van der Waals surface area contributed by atoms with Crippen molar-refractivity contribution in [3.05, 3.63) is 71.3 Å². The second-order valence-corrected chi connectivity index (χ2v) is 8.49. The number of rotatable bonds is 11. The van der Waals surface area contributed by atoms with Crippen LogP contribution in [-0.2, 0) is 21.9 Å². The second kappa shape index (κ2) is 12.4. The molecule has 0 aliphatic rings. The van der Waals surface area contributed by atoms with Crippen molar-refractivity contribution >= 4 is 23.6 Å². The van der Waals surface area contributed by atoms with Gasteiger partial charge in [0, 0.05) is 18.3 Å². The lowest BCUT2D eigenvalue weighted by Gasteiger charge is -2.31. The number of amides is 2. The third-order valence-corrected chi connectivity index (χ3v) is 6.05. The first kappa shape index (κ1) is 24.9. The lowest BCUT2D eigenvalue weighted by molar-refractivity contribution is -0.139. The summed E-state index contributed by atoms with van der Waals surface area (Å²) < 4.78 is 26.4. The molecule has 2 rings (SSSR count). The molecule has 7 heteroatoms. The number of halogens is 2. The summed E-state index contributed by atoms with van der Waals surface area (Å²) >= 11 is 1.41. The van der Waals surface area contributed by atoms with Gasteiger partial charge in [-0.3, -0.25) is 9.59 Å². The van der Waals surface area contributed by atoms with E-state index in [9.17, 15) is 18.4 Å². The largest absolute Gasteiger partial charge is 0.352 e. The number of nitrogens with one attached hydrogen (secondary N) is 1. The van der Waals surface area contributed by atoms with Crippen LogP contribution >= 0.6 is 11.8 Å². The van der Waals surface area contributed by atoms with Crippen molar-refractivity contribution in [2.45, 2.75) is 58.0 Å². The first-order valence-electron chi connectivity index (χ1n) is 10.5. The zero-order valence-electron chi connectivity index (χ0n) is 18.2. The maximum atomic E-state index is 13.3. The van der Waals surface area contributed by atoms with Crippen molar-refractivity contribution in [2.24, 2.45) is 0 Å². The van der Waals surface area contributed by atoms with Crippen molar-refractivity contribution < 1.29 is 18.4 Å². The minimum atomic E-state index is -0.613. The van der Waals surface area contributed by atoms with Gasteiger partial charge in [-0.25, -0.2) is 8.78 Å². The van der Waals surface area contributed by atoms with E-state index in [0.717, 1.165) is 17.5 Å². The van der Waals surface area contributed by atoms with Crippen LogP contribution in [0.3, 0.4) is 0 Å². The zero-order valence-corrected chi connectivity index (χ0v) is 19.1. The number of carbonyl (C=O) groups excluding carboxylic acids is 2. The molecule has 0 aliphatic carbocycles. The average molecular weight is 449 g/mol. The van der Waals surface area contributed by atoms with E-state index in [-0.39, 0.29) is 41.8 Å². The highest BCUT2D eigenvalue weighted by molar-refractivity contribution is 7.99. The molecule has 0 fully saturated rings. The summed E-state index contributed by atoms with van der Waals surface area (Å²) in [7, 11) is 0. The number of thioether (sulfide) groups is 1. The van der Waals surface area contributed by atoms with Gasteiger partial charge in [-0.2, -0.15) is 0 Å². The lowest BCUT2D eigenvalue weighted by atomic mass is 10.1. The van der Waals surface area contributed by atoms with Crippen LogP contribution in [0, 0.1) is 11.6 Å². The molecule has 31 heavy (non-hydrogen) atoms. The Balaban J connectivity index is 2.12. The average Bonchev–Trinajstić information content (AvgIpc) is 2.76. The van der Waals surface area contributed by atoms with Crippen LogP contribution in [0.15, 0.2) is 48.5 Å². The number of carbonyl (C=O) groups is 2. The lowest BCUT2D eigenvalue weighted by Crippen LogP contribution is -2.51. The Morgan fingerprint density at radius 1 is 0.935 bits per heavy atom. The van der Waals surface area contributed by atoms with Gasteiger partial charge in [-0.1, -0.05) is 38.1 Å². The fraction of sp³-hybridized carbons (Fsp3) is 0.417. The fourth-order valence-electron chi connectivity index (χ4n) is 3.07. The quantitative estimate of drug-likeness (QED) is 0.531. The Bertz CT molecular complexity index is 844. The third kappa shape index (κ3) is 7.98. The Morgan fingerprint density at radius 2 is 1.48 bits per heavy atom. The summed E-state index contributed by atoms with van der Waals surface area (Å²) in [5, 5.41) is 2.96. The number of nitrogens with zero attached hydrogens (tertiary/aromatic N) is 1. The van der Waals surface area contributed by atoms with Gasteiger partial charge in [0.2, 0.25) is 11.8 Å². The summed E-state index contributed by atoms with van der Waals surface area (Å²) in [5.41, 5.74) is 1.68. The smallest absolute Gasteiger partial charge is 0.243 e. The molecule has 1 N–H and O–H groups in total. The molecule has 2 amide bonds. The maximum absolute atomic E-state index is 13.3. The maximum Gasteiger partial charge on any atom is 0.243 e. The molecule has 0 spiro atoms. The van der Waals surface area contributed by atoms with Gasteiger partial charge in [0.15, 0.2) is 0 Å². The third-order valence-electron chi connectivity index (χ3n) is 5.06. The first-order chi connectivity index (χ1) is 14.8. The molecule has 0 aliphatic heterocycles. The molecular weight excluding hydrogens is 418 g/mol. The summed E-state index contributed by atoms with van der Waals surface area (Å²) in [6.07, 6.45) is 1.26. The molecule has 0 aromatic heterocycles. The van der Waals surface area contributed by atoms with Gasteiger partial charge in [-0.15, -0.1) is 11.8 Å². The van der Waals surface area contributed by atoms with E-state index in [1.807, 2.05) is 20.8 Å². The molecule has 0 saturated carbocycles. The van der Waals surface area contributed by atoms with E-state index in [1.54, 1.807) is 29.2 Å². The van der Waals surface area contributed by atoms with Gasteiger partial charge >= 0.3 is 0 Å². The van der Waals surface area contributed by atoms with Crippen molar-refractivity contribution in [1.29, 1.82) is 0 Å². The van der Waals surface area contributed by atoms with Gasteiger partial charge in [-0.05, 0) is 55.2 Å². The molecule has 2 aromatic rings. The van der Waals surface area contributed by atoms with Crippen LogP contribution < -0.4 is 5.32 Å². The Kier molecular flexibility index (Phi) is 9.98. The molecular formula is C24H30F2N2O2S. The Labute approximate surface area is 187 Å². The van der Waals surface area contributed by atoms with Gasteiger partial charge in [0.1, 0.15) is 17.7 Å². The Morgan fingerprint density at radius 3 is 2.00 bits per heavy atom. The monoisotopic (exact) mass is 448 g/mol. The predicted octanol–water partition coefficient (Wildman–Crippen LogP) is 4.92. The van der Waals surface area contributed by atoms with Crippen molar-refractivity contribution in [3.63, 3.8) is 0 Å². The highest BCUT2D eigenvalue weighted by Gasteiger charge is 2.29. The minimum absolute atomic E-state index is 0.0113. The predicted molar refractivity (Wildman–Crippen MR) is 121 cm³/mol. The van der Waals surface area contributed by atoms with Gasteiger partial charge in [0.05, 0.1) is 5.75 Å². The Hall–Kier alpha value is -2.41. The topological polar surface area (TPSA) is 49.4 Å². The molecule has 2 aromatic carbocycles. The summed E-state index contributed by atoms with van der Waals surface area (Å²) in [6, 6.07) is 11.5. The molecule has 168 valence electrons. The van der Waals surface area contributed by atoms with E-state index >= 15 is 0 Å². The van der Waals surface area contributed by atoms with Crippen molar-refractivity contribution in [1.82, 2.24) is 10.2 Å². The standard InChI is InChI=1S/C24H30F2N2O2S/c1-4-17(3)27-24(30)22(5-2)28(14-18-6-10-20(25)11-7-18)23(29)16-31-15-19-8-12-21(26)13-9-19/h6-13,17,22H,4-5,14-16H2,1-3H3,(H,27,30)/t17-,22-/m0/s1. The second-order valence-electron chi connectivity index (χ2n) is 7.51. The van der Waals surface area contributed by atoms with Crippen LogP contribution in [0.25, 0.3) is 0 Å². The van der Waals surface area contributed by atoms with Crippen LogP contribution in [-0.4, -0.2) is 34.6 Å². The highest BCUT2D eigenvalue weighted by Crippen LogP contribution is 2.18. The van der Waals surface area contributed by atoms with E-state index in [1.165, 1.54) is 36.0 Å². The van der Waals surface area contributed by atoms with Crippen molar-refractivity contribution in [2.75, 3.05) is 5.75 Å². The van der Waals surface area contributed by atoms with E-state index < -0.39 is 6.04 Å². The van der Waals surface area contributed by atoms with Crippen molar-refractivity contribution in [3.8, 4) is 0 Å². The van der Waals surface area contributed by atoms with E-state index in [0.29, 0.717) is 12.2 Å². The summed E-state index contributed by atoms with van der Waals surface area (Å²) in [4.78, 5) is 27.5. The normalized spacial score (nSPS) is 12.8. The first-order valence-corrected chi connectivity index (χ1v) is 11.7. The number of benzene rings is 2. The zero-order chi connectivity index (χ0) is 22.8. The molecule has 0 heterocycles. The summed E-state index contributed by atoms with van der Waals surface area (Å²) in [5.74, 6) is -0.248. The van der Waals surface area contributed by atoms with E-state index in [2.05, 4.69) is 5.32 Å². The molecule has 0 unspecified atom stereocenters. The van der Waals surface area contributed by atoms with E-state index in [4.69, 9.17) is 0 Å². The van der Waals surface area contributed by atoms with Gasteiger partial charge < -0.3 is 10.2 Å². The molecule has 0 bridgehead atoms. The molecule has 0 saturated heterocycles. The minimum Gasteiger partial charge on any atom is -0.352 e.